The molecule has 1 aromatic carbocycles. The second-order valence-corrected chi connectivity index (χ2v) is 8.77. The Morgan fingerprint density at radius 1 is 1.30 bits per heavy atom. The van der Waals surface area contributed by atoms with Gasteiger partial charge in [0.1, 0.15) is 0 Å². The number of nitrogens with one attached hydrogen (secondary N) is 1. The van der Waals surface area contributed by atoms with Gasteiger partial charge in [-0.05, 0) is 36.8 Å². The standard InChI is InChI=1S/C21H23N3OS2/c1-15-17(13-16-7-3-2-4-8-16)23-21(22-15)27-14-20(25)24-11-5-9-18(24)19-10-6-12-26-19/h2-4,6-8,10,12,18H,5,9,11,13-14H2,1H3,(H,22,23). The third-order valence-electron chi connectivity index (χ3n) is 4.96. The minimum Gasteiger partial charge on any atom is -0.337 e. The highest BCUT2D eigenvalue weighted by molar-refractivity contribution is 7.99. The molecular weight excluding hydrogens is 374 g/mol. The molecule has 1 fully saturated rings. The normalized spacial score (nSPS) is 16.8. The molecule has 4 rings (SSSR count). The van der Waals surface area contributed by atoms with Crippen LogP contribution in [-0.2, 0) is 11.2 Å². The molecule has 1 atom stereocenters. The van der Waals surface area contributed by atoms with Gasteiger partial charge in [0.15, 0.2) is 5.16 Å². The first-order valence-corrected chi connectivity index (χ1v) is 11.1. The zero-order chi connectivity index (χ0) is 18.6. The van der Waals surface area contributed by atoms with Crippen LogP contribution in [0.15, 0.2) is 53.0 Å². The molecule has 6 heteroatoms. The number of carbonyl (C=O) groups is 1. The number of aromatic nitrogens is 2. The summed E-state index contributed by atoms with van der Waals surface area (Å²) in [4.78, 5) is 24.2. The molecule has 0 bridgehead atoms. The lowest BCUT2D eigenvalue weighted by Crippen LogP contribution is -2.31. The summed E-state index contributed by atoms with van der Waals surface area (Å²) in [6.45, 7) is 2.91. The smallest absolute Gasteiger partial charge is 0.233 e. The lowest BCUT2D eigenvalue weighted by atomic mass is 10.1. The fourth-order valence-corrected chi connectivity index (χ4v) is 5.25. The Hall–Kier alpha value is -2.05. The number of aryl methyl sites for hydroxylation is 1. The van der Waals surface area contributed by atoms with E-state index in [9.17, 15) is 4.79 Å². The summed E-state index contributed by atoms with van der Waals surface area (Å²) in [5.74, 6) is 0.633. The van der Waals surface area contributed by atoms with Crippen LogP contribution in [0.2, 0.25) is 0 Å². The molecule has 0 radical (unpaired) electrons. The fourth-order valence-electron chi connectivity index (χ4n) is 3.55. The molecule has 2 aromatic heterocycles. The molecule has 3 heterocycles. The van der Waals surface area contributed by atoms with E-state index >= 15 is 0 Å². The van der Waals surface area contributed by atoms with Crippen molar-refractivity contribution in [3.8, 4) is 0 Å². The van der Waals surface area contributed by atoms with Gasteiger partial charge in [0.25, 0.3) is 0 Å². The molecule has 1 unspecified atom stereocenters. The van der Waals surface area contributed by atoms with Gasteiger partial charge in [-0.25, -0.2) is 4.98 Å². The number of benzene rings is 1. The molecule has 4 nitrogen and oxygen atoms in total. The number of likely N-dealkylation sites (tertiary alicyclic amines) is 1. The van der Waals surface area contributed by atoms with Gasteiger partial charge < -0.3 is 9.88 Å². The lowest BCUT2D eigenvalue weighted by molar-refractivity contribution is -0.129. The van der Waals surface area contributed by atoms with E-state index in [0.29, 0.717) is 5.75 Å². The van der Waals surface area contributed by atoms with Crippen LogP contribution in [0.3, 0.4) is 0 Å². The zero-order valence-electron chi connectivity index (χ0n) is 15.4. The summed E-state index contributed by atoms with van der Waals surface area (Å²) in [7, 11) is 0. The van der Waals surface area contributed by atoms with Crippen molar-refractivity contribution in [2.45, 2.75) is 37.4 Å². The minimum absolute atomic E-state index is 0.203. The van der Waals surface area contributed by atoms with Gasteiger partial charge >= 0.3 is 0 Å². The molecule has 1 saturated heterocycles. The number of amides is 1. The van der Waals surface area contributed by atoms with Gasteiger partial charge in [0.2, 0.25) is 5.91 Å². The highest BCUT2D eigenvalue weighted by atomic mass is 32.2. The second-order valence-electron chi connectivity index (χ2n) is 6.83. The van der Waals surface area contributed by atoms with Crippen LogP contribution >= 0.6 is 23.1 Å². The highest BCUT2D eigenvalue weighted by Gasteiger charge is 2.30. The molecular formula is C21H23N3OS2. The predicted octanol–water partition coefficient (Wildman–Crippen LogP) is 4.83. The van der Waals surface area contributed by atoms with Crippen molar-refractivity contribution in [3.05, 3.63) is 69.7 Å². The molecule has 0 aliphatic carbocycles. The van der Waals surface area contributed by atoms with Gasteiger partial charge in [0, 0.05) is 23.5 Å². The van der Waals surface area contributed by atoms with Crippen molar-refractivity contribution in [1.82, 2.24) is 14.9 Å². The van der Waals surface area contributed by atoms with Gasteiger partial charge in [-0.3, -0.25) is 4.79 Å². The molecule has 3 aromatic rings. The van der Waals surface area contributed by atoms with E-state index in [2.05, 4.69) is 34.6 Å². The average molecular weight is 398 g/mol. The maximum Gasteiger partial charge on any atom is 0.233 e. The topological polar surface area (TPSA) is 49.0 Å². The van der Waals surface area contributed by atoms with Crippen molar-refractivity contribution < 1.29 is 4.79 Å². The van der Waals surface area contributed by atoms with E-state index in [-0.39, 0.29) is 11.9 Å². The Morgan fingerprint density at radius 2 is 2.15 bits per heavy atom. The number of hydrogen-bond donors (Lipinski definition) is 1. The highest BCUT2D eigenvalue weighted by Crippen LogP contribution is 2.35. The third-order valence-corrected chi connectivity index (χ3v) is 6.79. The molecule has 0 spiro atoms. The number of nitrogens with zero attached hydrogens (tertiary/aromatic N) is 2. The van der Waals surface area contributed by atoms with Crippen LogP contribution in [0.5, 0.6) is 0 Å². The minimum atomic E-state index is 0.203. The van der Waals surface area contributed by atoms with Crippen molar-refractivity contribution >= 4 is 29.0 Å². The Kier molecular flexibility index (Phi) is 5.64. The van der Waals surface area contributed by atoms with E-state index in [0.717, 1.165) is 42.4 Å². The quantitative estimate of drug-likeness (QED) is 0.606. The number of hydrogen-bond acceptors (Lipinski definition) is 4. The molecule has 1 aliphatic heterocycles. The van der Waals surface area contributed by atoms with E-state index < -0.39 is 0 Å². The summed E-state index contributed by atoms with van der Waals surface area (Å²) in [5.41, 5.74) is 3.37. The molecule has 0 saturated carbocycles. The first-order chi connectivity index (χ1) is 13.2. The van der Waals surface area contributed by atoms with Crippen molar-refractivity contribution in [2.75, 3.05) is 12.3 Å². The number of aromatic amines is 1. The second kappa shape index (κ2) is 8.31. The van der Waals surface area contributed by atoms with E-state index in [1.54, 1.807) is 11.3 Å². The number of H-pyrrole nitrogens is 1. The summed E-state index contributed by atoms with van der Waals surface area (Å²) >= 11 is 3.25. The third kappa shape index (κ3) is 4.28. The predicted molar refractivity (Wildman–Crippen MR) is 111 cm³/mol. The summed E-state index contributed by atoms with van der Waals surface area (Å²) < 4.78 is 0. The van der Waals surface area contributed by atoms with Crippen LogP contribution in [0.25, 0.3) is 0 Å². The van der Waals surface area contributed by atoms with Crippen LogP contribution in [0.4, 0.5) is 0 Å². The van der Waals surface area contributed by atoms with Crippen molar-refractivity contribution in [2.24, 2.45) is 0 Å². The van der Waals surface area contributed by atoms with Crippen LogP contribution in [-0.4, -0.2) is 33.1 Å². The lowest BCUT2D eigenvalue weighted by Gasteiger charge is -2.23. The number of imidazole rings is 1. The van der Waals surface area contributed by atoms with Crippen LogP contribution in [0, 0.1) is 6.92 Å². The fraction of sp³-hybridized carbons (Fsp3) is 0.333. The summed E-state index contributed by atoms with van der Waals surface area (Å²) in [5, 5.41) is 2.92. The number of thiophene rings is 1. The SMILES string of the molecule is Cc1[nH]c(SCC(=O)N2CCCC2c2cccs2)nc1Cc1ccccc1. The first kappa shape index (κ1) is 18.3. The number of carbonyl (C=O) groups excluding carboxylic acids is 1. The maximum atomic E-state index is 12.8. The summed E-state index contributed by atoms with van der Waals surface area (Å²) in [6.07, 6.45) is 2.96. The Labute approximate surface area is 168 Å². The number of rotatable bonds is 6. The van der Waals surface area contributed by atoms with Gasteiger partial charge in [-0.1, -0.05) is 48.2 Å². The monoisotopic (exact) mass is 397 g/mol. The molecule has 140 valence electrons. The molecule has 27 heavy (non-hydrogen) atoms. The maximum absolute atomic E-state index is 12.8. The van der Waals surface area contributed by atoms with Crippen LogP contribution in [0.1, 0.15) is 40.7 Å². The van der Waals surface area contributed by atoms with Crippen molar-refractivity contribution in [1.29, 1.82) is 0 Å². The summed E-state index contributed by atoms with van der Waals surface area (Å²) in [6, 6.07) is 14.8. The Balaban J connectivity index is 1.37. The van der Waals surface area contributed by atoms with Crippen LogP contribution < -0.4 is 0 Å². The van der Waals surface area contributed by atoms with Crippen molar-refractivity contribution in [3.63, 3.8) is 0 Å². The molecule has 1 N–H and O–H groups in total. The largest absolute Gasteiger partial charge is 0.337 e. The van der Waals surface area contributed by atoms with E-state index in [1.165, 1.54) is 22.2 Å². The van der Waals surface area contributed by atoms with Gasteiger partial charge in [-0.2, -0.15) is 0 Å². The first-order valence-electron chi connectivity index (χ1n) is 9.26. The Morgan fingerprint density at radius 3 is 2.93 bits per heavy atom. The Bertz CT molecular complexity index is 890. The van der Waals surface area contributed by atoms with Gasteiger partial charge in [-0.15, -0.1) is 11.3 Å². The zero-order valence-corrected chi connectivity index (χ0v) is 17.0. The molecule has 1 amide bonds. The number of thioether (sulfide) groups is 1. The van der Waals surface area contributed by atoms with Gasteiger partial charge in [0.05, 0.1) is 17.5 Å². The molecule has 1 aliphatic rings. The van der Waals surface area contributed by atoms with E-state index in [4.69, 9.17) is 4.98 Å². The average Bonchev–Trinajstić information content (AvgIpc) is 3.42. The van der Waals surface area contributed by atoms with E-state index in [1.807, 2.05) is 30.0 Å².